The van der Waals surface area contributed by atoms with Gasteiger partial charge in [-0.15, -0.1) is 0 Å². The molecule has 20 heavy (non-hydrogen) atoms. The smallest absolute Gasteiger partial charge is 0.0346 e. The molecular weight excluding hydrogens is 244 g/mol. The summed E-state index contributed by atoms with van der Waals surface area (Å²) < 4.78 is 0. The number of pyridine rings is 1. The second kappa shape index (κ2) is 5.17. The van der Waals surface area contributed by atoms with Crippen LogP contribution in [0, 0.1) is 5.92 Å². The first-order valence-electron chi connectivity index (χ1n) is 7.62. The monoisotopic (exact) mass is 268 g/mol. The summed E-state index contributed by atoms with van der Waals surface area (Å²) in [6.07, 6.45) is 6.68. The van der Waals surface area contributed by atoms with Gasteiger partial charge in [0.25, 0.3) is 0 Å². The molecule has 3 rings (SSSR count). The van der Waals surface area contributed by atoms with Gasteiger partial charge < -0.3 is 5.32 Å². The van der Waals surface area contributed by atoms with E-state index in [0.29, 0.717) is 5.92 Å². The predicted molar refractivity (Wildman–Crippen MR) is 85.0 cm³/mol. The normalized spacial score (nSPS) is 22.8. The Kier molecular flexibility index (Phi) is 3.51. The lowest BCUT2D eigenvalue weighted by atomic mass is 9.69. The first-order chi connectivity index (χ1) is 9.54. The molecule has 0 amide bonds. The van der Waals surface area contributed by atoms with E-state index in [4.69, 9.17) is 0 Å². The van der Waals surface area contributed by atoms with E-state index in [1.54, 1.807) is 0 Å². The second-order valence-electron chi connectivity index (χ2n) is 7.02. The molecule has 1 N–H and O–H groups in total. The molecule has 2 atom stereocenters. The second-order valence-corrected chi connectivity index (χ2v) is 7.02. The maximum atomic E-state index is 4.44. The van der Waals surface area contributed by atoms with Crippen LogP contribution >= 0.6 is 0 Å². The predicted octanol–water partition coefficient (Wildman–Crippen LogP) is 4.12. The van der Waals surface area contributed by atoms with Crippen molar-refractivity contribution in [3.8, 4) is 0 Å². The lowest BCUT2D eigenvalue weighted by Crippen LogP contribution is -2.43. The summed E-state index contributed by atoms with van der Waals surface area (Å²) >= 11 is 0. The van der Waals surface area contributed by atoms with Crippen molar-refractivity contribution in [1.29, 1.82) is 0 Å². The average molecular weight is 268 g/mol. The van der Waals surface area contributed by atoms with Crippen LogP contribution in [0.1, 0.15) is 45.1 Å². The minimum absolute atomic E-state index is 0.206. The maximum Gasteiger partial charge on any atom is 0.0346 e. The van der Waals surface area contributed by atoms with Crippen LogP contribution in [0.5, 0.6) is 0 Å². The van der Waals surface area contributed by atoms with Gasteiger partial charge in [-0.3, -0.25) is 4.98 Å². The van der Waals surface area contributed by atoms with Gasteiger partial charge in [-0.2, -0.15) is 0 Å². The Labute approximate surface area is 121 Å². The first kappa shape index (κ1) is 13.6. The Bertz CT molecular complexity index is 592. The lowest BCUT2D eigenvalue weighted by Gasteiger charge is -2.39. The van der Waals surface area contributed by atoms with Gasteiger partial charge in [0.15, 0.2) is 0 Å². The van der Waals surface area contributed by atoms with Gasteiger partial charge in [0.05, 0.1) is 0 Å². The molecule has 1 aliphatic rings. The van der Waals surface area contributed by atoms with E-state index < -0.39 is 0 Å². The molecule has 0 saturated heterocycles. The zero-order valence-electron chi connectivity index (χ0n) is 12.7. The largest absolute Gasteiger partial charge is 0.312 e. The first-order valence-corrected chi connectivity index (χ1v) is 7.62. The average Bonchev–Trinajstić information content (AvgIpc) is 2.37. The highest BCUT2D eigenvalue weighted by atomic mass is 14.9. The Morgan fingerprint density at radius 1 is 1.15 bits per heavy atom. The molecule has 2 aromatic rings. The van der Waals surface area contributed by atoms with E-state index >= 15 is 0 Å². The van der Waals surface area contributed by atoms with E-state index in [2.05, 4.69) is 61.5 Å². The maximum absolute atomic E-state index is 4.44. The van der Waals surface area contributed by atoms with Gasteiger partial charge in [-0.1, -0.05) is 24.3 Å². The number of benzene rings is 1. The molecule has 1 fully saturated rings. The Morgan fingerprint density at radius 3 is 2.65 bits per heavy atom. The molecule has 1 aromatic carbocycles. The van der Waals surface area contributed by atoms with E-state index in [1.807, 2.05) is 6.20 Å². The van der Waals surface area contributed by atoms with Crippen LogP contribution in [0.3, 0.4) is 0 Å². The molecule has 106 valence electrons. The number of rotatable bonds is 3. The van der Waals surface area contributed by atoms with E-state index in [1.165, 1.54) is 29.2 Å². The quantitative estimate of drug-likeness (QED) is 0.906. The van der Waals surface area contributed by atoms with Gasteiger partial charge in [0.1, 0.15) is 0 Å². The number of nitrogens with one attached hydrogen (secondary N) is 1. The number of aromatic nitrogens is 1. The summed E-state index contributed by atoms with van der Waals surface area (Å²) in [5, 5.41) is 6.30. The fourth-order valence-electron chi connectivity index (χ4n) is 3.10. The summed E-state index contributed by atoms with van der Waals surface area (Å²) in [7, 11) is 0. The van der Waals surface area contributed by atoms with Crippen molar-refractivity contribution in [3.63, 3.8) is 0 Å². The SMILES string of the molecule is CC(C)(C)NCC1CCC1c1cncc2ccccc12. The molecule has 2 unspecified atom stereocenters. The van der Waals surface area contributed by atoms with Gasteiger partial charge >= 0.3 is 0 Å². The summed E-state index contributed by atoms with van der Waals surface area (Å²) in [6.45, 7) is 7.82. The van der Waals surface area contributed by atoms with E-state index in [-0.39, 0.29) is 5.54 Å². The summed E-state index contributed by atoms with van der Waals surface area (Å²) in [5.41, 5.74) is 1.65. The summed E-state index contributed by atoms with van der Waals surface area (Å²) in [6, 6.07) is 8.62. The Morgan fingerprint density at radius 2 is 1.95 bits per heavy atom. The van der Waals surface area contributed by atoms with Crippen molar-refractivity contribution in [3.05, 3.63) is 42.2 Å². The highest BCUT2D eigenvalue weighted by molar-refractivity contribution is 5.85. The van der Waals surface area contributed by atoms with E-state index in [0.717, 1.165) is 12.5 Å². The topological polar surface area (TPSA) is 24.9 Å². The number of hydrogen-bond donors (Lipinski definition) is 1. The molecule has 1 aromatic heterocycles. The number of fused-ring (bicyclic) bond motifs is 1. The van der Waals surface area contributed by atoms with Gasteiger partial charge in [0, 0.05) is 23.3 Å². The highest BCUT2D eigenvalue weighted by Crippen LogP contribution is 2.44. The van der Waals surface area contributed by atoms with Crippen molar-refractivity contribution < 1.29 is 0 Å². The van der Waals surface area contributed by atoms with Crippen molar-refractivity contribution in [2.75, 3.05) is 6.54 Å². The van der Waals surface area contributed by atoms with E-state index in [9.17, 15) is 0 Å². The Balaban J connectivity index is 1.81. The van der Waals surface area contributed by atoms with Crippen molar-refractivity contribution in [2.45, 2.75) is 45.1 Å². The molecule has 2 heteroatoms. The molecule has 0 radical (unpaired) electrons. The standard InChI is InChI=1S/C18H24N2/c1-18(2,3)20-11-14-8-9-16(14)17-12-19-10-13-6-4-5-7-15(13)17/h4-7,10,12,14,16,20H,8-9,11H2,1-3H3. The van der Waals surface area contributed by atoms with Crippen molar-refractivity contribution in [1.82, 2.24) is 10.3 Å². The van der Waals surface area contributed by atoms with Crippen molar-refractivity contribution in [2.24, 2.45) is 5.92 Å². The van der Waals surface area contributed by atoms with Gasteiger partial charge in [-0.25, -0.2) is 0 Å². The molecule has 1 heterocycles. The van der Waals surface area contributed by atoms with Crippen molar-refractivity contribution >= 4 is 10.8 Å². The van der Waals surface area contributed by atoms with Gasteiger partial charge in [-0.05, 0) is 62.9 Å². The van der Waals surface area contributed by atoms with Crippen LogP contribution in [-0.4, -0.2) is 17.1 Å². The molecule has 2 nitrogen and oxygen atoms in total. The molecule has 1 saturated carbocycles. The Hall–Kier alpha value is -1.41. The van der Waals surface area contributed by atoms with Crippen LogP contribution in [0.2, 0.25) is 0 Å². The van der Waals surface area contributed by atoms with Crippen LogP contribution in [0.25, 0.3) is 10.8 Å². The third-order valence-corrected chi connectivity index (χ3v) is 4.41. The molecular formula is C18H24N2. The third-order valence-electron chi connectivity index (χ3n) is 4.41. The number of nitrogens with zero attached hydrogens (tertiary/aromatic N) is 1. The summed E-state index contributed by atoms with van der Waals surface area (Å²) in [4.78, 5) is 4.44. The summed E-state index contributed by atoms with van der Waals surface area (Å²) in [5.74, 6) is 1.42. The van der Waals surface area contributed by atoms with Crippen LogP contribution < -0.4 is 5.32 Å². The highest BCUT2D eigenvalue weighted by Gasteiger charge is 2.33. The van der Waals surface area contributed by atoms with Crippen LogP contribution in [0.4, 0.5) is 0 Å². The van der Waals surface area contributed by atoms with Gasteiger partial charge in [0.2, 0.25) is 0 Å². The number of hydrogen-bond acceptors (Lipinski definition) is 2. The molecule has 1 aliphatic carbocycles. The molecule has 0 aliphatic heterocycles. The fourth-order valence-corrected chi connectivity index (χ4v) is 3.10. The molecule has 0 bridgehead atoms. The minimum atomic E-state index is 0.206. The zero-order valence-corrected chi connectivity index (χ0v) is 12.7. The van der Waals surface area contributed by atoms with Crippen LogP contribution in [0.15, 0.2) is 36.7 Å². The van der Waals surface area contributed by atoms with Crippen LogP contribution in [-0.2, 0) is 0 Å². The fraction of sp³-hybridized carbons (Fsp3) is 0.500. The minimum Gasteiger partial charge on any atom is -0.312 e. The third kappa shape index (κ3) is 2.71. The molecule has 0 spiro atoms. The lowest BCUT2D eigenvalue weighted by molar-refractivity contribution is 0.226. The zero-order chi connectivity index (χ0) is 14.2.